The average Bonchev–Trinajstić information content (AvgIpc) is 2.95. The van der Waals surface area contributed by atoms with E-state index in [-0.39, 0.29) is 32.5 Å². The molecule has 0 bridgehead atoms. The van der Waals surface area contributed by atoms with E-state index < -0.39 is 96.1 Å². The van der Waals surface area contributed by atoms with Gasteiger partial charge in [-0.25, -0.2) is 0 Å². The molecule has 3 fully saturated rings. The lowest BCUT2D eigenvalue weighted by Gasteiger charge is -2.59. The molecule has 2 saturated heterocycles. The molecule has 0 spiro atoms. The van der Waals surface area contributed by atoms with Crippen molar-refractivity contribution < 1.29 is 49.3 Å². The van der Waals surface area contributed by atoms with E-state index in [2.05, 4.69) is 10.6 Å². The molecule has 3 heterocycles. The van der Waals surface area contributed by atoms with Crippen molar-refractivity contribution in [2.45, 2.75) is 111 Å². The highest BCUT2D eigenvalue weighted by Crippen LogP contribution is 2.47. The standard InChI is InChI=1S/C28H53N7O10/c1-26(41)12-42-25(19(38)21(26)34-2)45-28(7-14(36)5-6-29)23(40)20(44-24-16(31)4-3-15(9-30)43-24)17(32)8-27(28,33)22(39)18(37)13-10-35-11-13/h3,13-14,16-21,23-25,34-38,40-41H,4-12,29-33H2,1-2H3/t14?,16-,17+,18?,19-,20-,21-,23+,24-,25-,26+,27+,28-/m1/s1. The molecular weight excluding hydrogens is 594 g/mol. The van der Waals surface area contributed by atoms with Gasteiger partial charge in [0.2, 0.25) is 6.29 Å². The summed E-state index contributed by atoms with van der Waals surface area (Å²) < 4.78 is 24.2. The number of hydrogen-bond donors (Lipinski definition) is 12. The number of Topliss-reactive ketones (excluding diaryl/α,β-unsaturated/α-hetero) is 1. The Hall–Kier alpha value is -1.39. The molecule has 0 aromatic heterocycles. The van der Waals surface area contributed by atoms with Crippen molar-refractivity contribution in [1.82, 2.24) is 10.6 Å². The topological polar surface area (TPSA) is 309 Å². The number of likely N-dealkylation sites (N-methyl/N-ethyl adjacent to an activating group) is 1. The Kier molecular flexibility index (Phi) is 11.7. The van der Waals surface area contributed by atoms with Crippen LogP contribution in [-0.2, 0) is 23.7 Å². The zero-order chi connectivity index (χ0) is 33.3. The fourth-order valence-electron chi connectivity index (χ4n) is 6.93. The summed E-state index contributed by atoms with van der Waals surface area (Å²) in [6.07, 6.45) is -9.02. The molecule has 2 unspecified atom stereocenters. The minimum absolute atomic E-state index is 0.0258. The van der Waals surface area contributed by atoms with E-state index in [4.69, 9.17) is 47.6 Å². The van der Waals surface area contributed by atoms with Gasteiger partial charge in [-0.1, -0.05) is 0 Å². The third-order valence-electron chi connectivity index (χ3n) is 9.73. The van der Waals surface area contributed by atoms with Crippen molar-refractivity contribution in [3.8, 4) is 0 Å². The summed E-state index contributed by atoms with van der Waals surface area (Å²) in [7, 11) is 1.53. The van der Waals surface area contributed by atoms with Crippen LogP contribution in [0.1, 0.15) is 32.6 Å². The molecule has 1 aliphatic carbocycles. The van der Waals surface area contributed by atoms with Crippen molar-refractivity contribution in [2.75, 3.05) is 39.8 Å². The molecule has 1 saturated carbocycles. The highest BCUT2D eigenvalue weighted by molar-refractivity contribution is 5.94. The normalized spacial score (nSPS) is 44.0. The van der Waals surface area contributed by atoms with E-state index in [1.807, 2.05) is 0 Å². The first-order valence-electron chi connectivity index (χ1n) is 15.5. The van der Waals surface area contributed by atoms with Crippen LogP contribution >= 0.6 is 0 Å². The first-order valence-corrected chi connectivity index (χ1v) is 15.5. The van der Waals surface area contributed by atoms with Gasteiger partial charge in [0.25, 0.3) is 0 Å². The summed E-state index contributed by atoms with van der Waals surface area (Å²) in [5, 5.41) is 62.6. The molecule has 3 aliphatic heterocycles. The van der Waals surface area contributed by atoms with Gasteiger partial charge in [0, 0.05) is 31.5 Å². The monoisotopic (exact) mass is 647 g/mol. The van der Waals surface area contributed by atoms with Gasteiger partial charge in [-0.2, -0.15) is 0 Å². The molecule has 17 nitrogen and oxygen atoms in total. The Labute approximate surface area is 262 Å². The van der Waals surface area contributed by atoms with Gasteiger partial charge < -0.3 is 83.8 Å². The lowest BCUT2D eigenvalue weighted by atomic mass is 9.59. The Morgan fingerprint density at radius 2 is 1.89 bits per heavy atom. The number of ketones is 1. The molecular formula is C28H53N7O10. The lowest BCUT2D eigenvalue weighted by molar-refractivity contribution is -0.344. The molecule has 45 heavy (non-hydrogen) atoms. The van der Waals surface area contributed by atoms with Gasteiger partial charge in [0.1, 0.15) is 46.9 Å². The van der Waals surface area contributed by atoms with Crippen molar-refractivity contribution >= 4 is 5.78 Å². The number of carbonyl (C=O) groups is 1. The third kappa shape index (κ3) is 6.94. The van der Waals surface area contributed by atoms with Crippen LogP contribution in [0, 0.1) is 5.92 Å². The second kappa shape index (κ2) is 14.4. The quantitative estimate of drug-likeness (QED) is 0.0885. The van der Waals surface area contributed by atoms with Crippen LogP contribution in [0.25, 0.3) is 0 Å². The summed E-state index contributed by atoms with van der Waals surface area (Å²) in [4.78, 5) is 14.3. The molecule has 4 aliphatic rings. The van der Waals surface area contributed by atoms with Crippen LogP contribution in [0.15, 0.2) is 11.8 Å². The molecule has 4 rings (SSSR count). The summed E-state index contributed by atoms with van der Waals surface area (Å²) in [5.41, 5.74) is 25.3. The number of hydrogen-bond acceptors (Lipinski definition) is 17. The maximum atomic E-state index is 14.3. The fourth-order valence-corrected chi connectivity index (χ4v) is 6.93. The predicted molar refractivity (Wildman–Crippen MR) is 160 cm³/mol. The fraction of sp³-hybridized carbons (Fsp3) is 0.893. The summed E-state index contributed by atoms with van der Waals surface area (Å²) >= 11 is 0. The van der Waals surface area contributed by atoms with Crippen molar-refractivity contribution in [2.24, 2.45) is 34.6 Å². The van der Waals surface area contributed by atoms with E-state index in [1.165, 1.54) is 14.0 Å². The number of nitrogens with two attached hydrogens (primary N) is 5. The van der Waals surface area contributed by atoms with E-state index in [1.54, 1.807) is 6.08 Å². The SMILES string of the molecule is CN[C@@H]1[C@@H](O)[C@@H](O[C@]2(CC(O)CCN)[C@@H](O)[C@H](O[C@H]3OC(CN)=CC[C@H]3N)[C@@H](N)C[C@]2(N)C(=O)C(O)C2CNC2)OC[C@]1(C)O. The van der Waals surface area contributed by atoms with Gasteiger partial charge >= 0.3 is 0 Å². The van der Waals surface area contributed by atoms with Crippen LogP contribution in [0.2, 0.25) is 0 Å². The van der Waals surface area contributed by atoms with Crippen molar-refractivity contribution in [3.05, 3.63) is 11.8 Å². The van der Waals surface area contributed by atoms with E-state index in [9.17, 15) is 30.3 Å². The maximum absolute atomic E-state index is 14.3. The highest BCUT2D eigenvalue weighted by Gasteiger charge is 2.69. The second-order valence-electron chi connectivity index (χ2n) is 13.1. The first-order chi connectivity index (χ1) is 21.2. The van der Waals surface area contributed by atoms with Crippen LogP contribution < -0.4 is 39.3 Å². The van der Waals surface area contributed by atoms with Gasteiger partial charge in [-0.15, -0.1) is 0 Å². The first kappa shape index (κ1) is 36.4. The number of aliphatic hydroxyl groups excluding tert-OH is 4. The number of ether oxygens (including phenoxy) is 4. The Morgan fingerprint density at radius 1 is 1.20 bits per heavy atom. The van der Waals surface area contributed by atoms with Crippen LogP contribution in [0.5, 0.6) is 0 Å². The third-order valence-corrected chi connectivity index (χ3v) is 9.73. The van der Waals surface area contributed by atoms with E-state index in [0.29, 0.717) is 25.3 Å². The highest BCUT2D eigenvalue weighted by atomic mass is 16.7. The zero-order valence-corrected chi connectivity index (χ0v) is 26.0. The Balaban J connectivity index is 1.80. The Morgan fingerprint density at radius 3 is 2.47 bits per heavy atom. The molecule has 0 aromatic carbocycles. The molecule has 0 aromatic rings. The molecule has 17 N–H and O–H groups in total. The molecule has 260 valence electrons. The predicted octanol–water partition coefficient (Wildman–Crippen LogP) is -5.86. The smallest absolute Gasteiger partial charge is 0.215 e. The largest absolute Gasteiger partial charge is 0.467 e. The molecule has 17 heteroatoms. The number of rotatable bonds is 13. The van der Waals surface area contributed by atoms with Gasteiger partial charge in [0.05, 0.1) is 31.3 Å². The number of nitrogens with one attached hydrogen (secondary N) is 2. The molecule has 13 atom stereocenters. The van der Waals surface area contributed by atoms with Crippen LogP contribution in [0.4, 0.5) is 0 Å². The molecule has 0 amide bonds. The molecule has 0 radical (unpaired) electrons. The second-order valence-corrected chi connectivity index (χ2v) is 13.1. The Bertz CT molecular complexity index is 1050. The van der Waals surface area contributed by atoms with Gasteiger partial charge in [-0.05, 0) is 45.9 Å². The van der Waals surface area contributed by atoms with E-state index in [0.717, 1.165) is 0 Å². The van der Waals surface area contributed by atoms with Crippen molar-refractivity contribution in [3.63, 3.8) is 0 Å². The van der Waals surface area contributed by atoms with Gasteiger partial charge in [0.15, 0.2) is 12.1 Å². The lowest BCUT2D eigenvalue weighted by Crippen LogP contribution is -2.83. The number of aliphatic hydroxyl groups is 5. The zero-order valence-electron chi connectivity index (χ0n) is 26.0. The van der Waals surface area contributed by atoms with Gasteiger partial charge in [-0.3, -0.25) is 4.79 Å². The minimum atomic E-state index is -2.28. The summed E-state index contributed by atoms with van der Waals surface area (Å²) in [6, 6.07) is -2.75. The van der Waals surface area contributed by atoms with Crippen LogP contribution in [-0.4, -0.2) is 149 Å². The van der Waals surface area contributed by atoms with E-state index >= 15 is 0 Å². The maximum Gasteiger partial charge on any atom is 0.215 e. The van der Waals surface area contributed by atoms with Crippen LogP contribution in [0.3, 0.4) is 0 Å². The average molecular weight is 648 g/mol. The summed E-state index contributed by atoms with van der Waals surface area (Å²) in [6.45, 7) is 1.98. The summed E-state index contributed by atoms with van der Waals surface area (Å²) in [5.74, 6) is -0.920. The number of carbonyl (C=O) groups excluding carboxylic acids is 1. The van der Waals surface area contributed by atoms with Crippen molar-refractivity contribution in [1.29, 1.82) is 0 Å². The minimum Gasteiger partial charge on any atom is -0.467 e.